The van der Waals surface area contributed by atoms with Crippen LogP contribution in [0.25, 0.3) is 0 Å². The largest absolute Gasteiger partial charge is 0.303 e. The Bertz CT molecular complexity index is 271. The van der Waals surface area contributed by atoms with Gasteiger partial charge in [0, 0.05) is 16.5 Å². The standard InChI is InChI=1S/C8H6Cl2O/c9-7-2-1-6(3-4-11)8(10)5-7/h1-2,4-5H,3H2. The van der Waals surface area contributed by atoms with Gasteiger partial charge in [-0.1, -0.05) is 29.3 Å². The minimum Gasteiger partial charge on any atom is -0.303 e. The van der Waals surface area contributed by atoms with E-state index in [0.29, 0.717) is 16.5 Å². The van der Waals surface area contributed by atoms with E-state index in [1.165, 1.54) is 0 Å². The van der Waals surface area contributed by atoms with E-state index in [-0.39, 0.29) is 0 Å². The van der Waals surface area contributed by atoms with Crippen LogP contribution in [0.15, 0.2) is 18.2 Å². The number of carbonyl (C=O) groups excluding carboxylic acids is 1. The van der Waals surface area contributed by atoms with Gasteiger partial charge < -0.3 is 4.79 Å². The smallest absolute Gasteiger partial charge is 0.124 e. The first kappa shape index (κ1) is 8.57. The molecule has 0 aliphatic heterocycles. The van der Waals surface area contributed by atoms with E-state index >= 15 is 0 Å². The van der Waals surface area contributed by atoms with Crippen molar-refractivity contribution < 1.29 is 4.79 Å². The fraction of sp³-hybridized carbons (Fsp3) is 0.125. The van der Waals surface area contributed by atoms with Gasteiger partial charge >= 0.3 is 0 Å². The summed E-state index contributed by atoms with van der Waals surface area (Å²) in [5, 5.41) is 1.13. The van der Waals surface area contributed by atoms with Crippen molar-refractivity contribution in [1.82, 2.24) is 0 Å². The Hall–Kier alpha value is -0.530. The molecule has 3 heteroatoms. The molecule has 0 saturated carbocycles. The van der Waals surface area contributed by atoms with Crippen LogP contribution in [-0.4, -0.2) is 6.29 Å². The van der Waals surface area contributed by atoms with Crippen LogP contribution < -0.4 is 0 Å². The van der Waals surface area contributed by atoms with Gasteiger partial charge in [0.15, 0.2) is 0 Å². The first-order valence-corrected chi connectivity index (χ1v) is 3.87. The molecule has 0 atom stereocenters. The van der Waals surface area contributed by atoms with E-state index in [9.17, 15) is 4.79 Å². The average Bonchev–Trinajstić information content (AvgIpc) is 1.95. The number of benzene rings is 1. The molecule has 11 heavy (non-hydrogen) atoms. The molecule has 0 fully saturated rings. The second-order valence-corrected chi connectivity index (χ2v) is 2.95. The predicted molar refractivity (Wildman–Crippen MR) is 46.2 cm³/mol. The molecule has 0 heterocycles. The van der Waals surface area contributed by atoms with Crippen molar-refractivity contribution in [2.45, 2.75) is 6.42 Å². The van der Waals surface area contributed by atoms with Crippen molar-refractivity contribution >= 4 is 29.5 Å². The van der Waals surface area contributed by atoms with Gasteiger partial charge in [-0.25, -0.2) is 0 Å². The van der Waals surface area contributed by atoms with Crippen molar-refractivity contribution in [3.63, 3.8) is 0 Å². The summed E-state index contributed by atoms with van der Waals surface area (Å²) in [6.45, 7) is 0. The molecular formula is C8H6Cl2O. The lowest BCUT2D eigenvalue weighted by molar-refractivity contribution is -0.107. The van der Waals surface area contributed by atoms with E-state index in [4.69, 9.17) is 23.2 Å². The fourth-order valence-corrected chi connectivity index (χ4v) is 1.26. The van der Waals surface area contributed by atoms with Crippen LogP contribution in [0.3, 0.4) is 0 Å². The summed E-state index contributed by atoms with van der Waals surface area (Å²) in [5.74, 6) is 0. The molecule has 1 rings (SSSR count). The third-order valence-electron chi connectivity index (χ3n) is 1.32. The number of aldehydes is 1. The minimum atomic E-state index is 0.343. The number of hydrogen-bond donors (Lipinski definition) is 0. The number of halogens is 2. The molecule has 0 radical (unpaired) electrons. The summed E-state index contributed by atoms with van der Waals surface area (Å²) in [6.07, 6.45) is 1.16. The maximum absolute atomic E-state index is 10.1. The highest BCUT2D eigenvalue weighted by Crippen LogP contribution is 2.20. The first-order valence-electron chi connectivity index (χ1n) is 3.11. The Labute approximate surface area is 74.9 Å². The predicted octanol–water partition coefficient (Wildman–Crippen LogP) is 2.73. The number of carbonyl (C=O) groups is 1. The second-order valence-electron chi connectivity index (χ2n) is 2.11. The molecule has 1 aromatic carbocycles. The van der Waals surface area contributed by atoms with Crippen molar-refractivity contribution in [3.05, 3.63) is 33.8 Å². The highest BCUT2D eigenvalue weighted by molar-refractivity contribution is 6.35. The molecule has 1 aromatic rings. The van der Waals surface area contributed by atoms with E-state index in [1.54, 1.807) is 18.2 Å². The van der Waals surface area contributed by atoms with Gasteiger partial charge in [-0.3, -0.25) is 0 Å². The molecular weight excluding hydrogens is 183 g/mol. The summed E-state index contributed by atoms with van der Waals surface area (Å²) >= 11 is 11.4. The van der Waals surface area contributed by atoms with E-state index in [0.717, 1.165) is 11.8 Å². The highest BCUT2D eigenvalue weighted by Gasteiger charge is 1.98. The average molecular weight is 189 g/mol. The number of hydrogen-bond acceptors (Lipinski definition) is 1. The SMILES string of the molecule is O=CCc1ccc(Cl)cc1Cl. The van der Waals surface area contributed by atoms with Crippen molar-refractivity contribution in [2.24, 2.45) is 0 Å². The molecule has 0 bridgehead atoms. The Morgan fingerprint density at radius 2 is 2.09 bits per heavy atom. The minimum absolute atomic E-state index is 0.343. The number of rotatable bonds is 2. The first-order chi connectivity index (χ1) is 5.24. The lowest BCUT2D eigenvalue weighted by atomic mass is 10.2. The molecule has 1 nitrogen and oxygen atoms in total. The topological polar surface area (TPSA) is 17.1 Å². The highest BCUT2D eigenvalue weighted by atomic mass is 35.5. The monoisotopic (exact) mass is 188 g/mol. The van der Waals surface area contributed by atoms with Crippen LogP contribution in [0.4, 0.5) is 0 Å². The summed E-state index contributed by atoms with van der Waals surface area (Å²) < 4.78 is 0. The lowest BCUT2D eigenvalue weighted by Gasteiger charge is -1.98. The van der Waals surface area contributed by atoms with Crippen LogP contribution in [0.1, 0.15) is 5.56 Å². The zero-order valence-electron chi connectivity index (χ0n) is 5.68. The van der Waals surface area contributed by atoms with Crippen molar-refractivity contribution in [2.75, 3.05) is 0 Å². The van der Waals surface area contributed by atoms with Crippen LogP contribution in [-0.2, 0) is 11.2 Å². The molecule has 0 aromatic heterocycles. The van der Waals surface area contributed by atoms with Gasteiger partial charge in [0.25, 0.3) is 0 Å². The Kier molecular flexibility index (Phi) is 2.92. The Morgan fingerprint density at radius 1 is 1.36 bits per heavy atom. The van der Waals surface area contributed by atoms with E-state index in [2.05, 4.69) is 0 Å². The zero-order chi connectivity index (χ0) is 8.27. The molecule has 0 aliphatic carbocycles. The van der Waals surface area contributed by atoms with Gasteiger partial charge in [-0.2, -0.15) is 0 Å². The van der Waals surface area contributed by atoms with E-state index < -0.39 is 0 Å². The summed E-state index contributed by atoms with van der Waals surface area (Å²) in [5.41, 5.74) is 0.811. The summed E-state index contributed by atoms with van der Waals surface area (Å²) in [7, 11) is 0. The second kappa shape index (κ2) is 3.74. The Morgan fingerprint density at radius 3 is 2.64 bits per heavy atom. The van der Waals surface area contributed by atoms with Gasteiger partial charge in [0.05, 0.1) is 0 Å². The maximum Gasteiger partial charge on any atom is 0.124 e. The van der Waals surface area contributed by atoms with Crippen molar-refractivity contribution in [3.8, 4) is 0 Å². The molecule has 58 valence electrons. The molecule has 0 saturated heterocycles. The van der Waals surface area contributed by atoms with Gasteiger partial charge in [-0.15, -0.1) is 0 Å². The summed E-state index contributed by atoms with van der Waals surface area (Å²) in [4.78, 5) is 10.1. The fourth-order valence-electron chi connectivity index (χ4n) is 0.777. The molecule has 0 spiro atoms. The maximum atomic E-state index is 10.1. The quantitative estimate of drug-likeness (QED) is 0.653. The normalized spacial score (nSPS) is 9.64. The zero-order valence-corrected chi connectivity index (χ0v) is 7.19. The molecule has 0 aliphatic rings. The Balaban J connectivity index is 2.98. The van der Waals surface area contributed by atoms with Crippen molar-refractivity contribution in [1.29, 1.82) is 0 Å². The lowest BCUT2D eigenvalue weighted by Crippen LogP contribution is -1.86. The molecule has 0 N–H and O–H groups in total. The van der Waals surface area contributed by atoms with Crippen LogP contribution in [0.2, 0.25) is 10.0 Å². The van der Waals surface area contributed by atoms with Gasteiger partial charge in [-0.05, 0) is 17.7 Å². The molecule has 0 unspecified atom stereocenters. The summed E-state index contributed by atoms with van der Waals surface area (Å²) in [6, 6.07) is 5.09. The van der Waals surface area contributed by atoms with Crippen LogP contribution >= 0.6 is 23.2 Å². The third-order valence-corrected chi connectivity index (χ3v) is 1.91. The molecule has 0 amide bonds. The van der Waals surface area contributed by atoms with Crippen LogP contribution in [0.5, 0.6) is 0 Å². The van der Waals surface area contributed by atoms with Gasteiger partial charge in [0.2, 0.25) is 0 Å². The van der Waals surface area contributed by atoms with E-state index in [1.807, 2.05) is 0 Å². The third kappa shape index (κ3) is 2.21. The van der Waals surface area contributed by atoms with Gasteiger partial charge in [0.1, 0.15) is 6.29 Å². The van der Waals surface area contributed by atoms with Crippen LogP contribution in [0, 0.1) is 0 Å².